The average molecular weight is 346 g/mol. The molecule has 4 nitrogen and oxygen atoms in total. The summed E-state index contributed by atoms with van der Waals surface area (Å²) in [5, 5.41) is 2.97. The number of ether oxygens (including phenoxy) is 1. The van der Waals surface area contributed by atoms with Crippen molar-refractivity contribution in [1.29, 1.82) is 0 Å². The third-order valence-corrected chi connectivity index (χ3v) is 4.17. The molecule has 1 heterocycles. The van der Waals surface area contributed by atoms with E-state index in [0.29, 0.717) is 12.8 Å². The summed E-state index contributed by atoms with van der Waals surface area (Å²) in [6, 6.07) is 19.8. The van der Waals surface area contributed by atoms with Crippen molar-refractivity contribution in [2.45, 2.75) is 19.3 Å². The van der Waals surface area contributed by atoms with Crippen LogP contribution in [0.3, 0.4) is 0 Å². The van der Waals surface area contributed by atoms with E-state index in [-0.39, 0.29) is 5.91 Å². The first-order valence-corrected chi connectivity index (χ1v) is 8.64. The van der Waals surface area contributed by atoms with E-state index in [1.807, 2.05) is 48.5 Å². The summed E-state index contributed by atoms with van der Waals surface area (Å²) in [6.45, 7) is 0. The van der Waals surface area contributed by atoms with Crippen LogP contribution in [0.2, 0.25) is 0 Å². The Morgan fingerprint density at radius 1 is 1.04 bits per heavy atom. The van der Waals surface area contributed by atoms with Crippen LogP contribution in [0.5, 0.6) is 5.75 Å². The number of methoxy groups -OCH3 is 1. The van der Waals surface area contributed by atoms with Crippen molar-refractivity contribution in [3.63, 3.8) is 0 Å². The summed E-state index contributed by atoms with van der Waals surface area (Å²) in [5.41, 5.74) is 4.09. The maximum Gasteiger partial charge on any atom is 0.224 e. The molecule has 1 aromatic heterocycles. The number of pyridine rings is 1. The molecule has 0 unspecified atom stereocenters. The lowest BCUT2D eigenvalue weighted by molar-refractivity contribution is -0.116. The Morgan fingerprint density at radius 3 is 2.58 bits per heavy atom. The van der Waals surface area contributed by atoms with Gasteiger partial charge in [-0.15, -0.1) is 0 Å². The molecule has 0 saturated heterocycles. The standard InChI is InChI=1S/C22H22N2O2/c1-26-21-11-10-20(15-19(21)14-17-6-3-2-4-7-17)24-22(25)12-9-18-8-5-13-23-16-18/h2-8,10-11,13,15-16H,9,12,14H2,1H3,(H,24,25). The Labute approximate surface area is 153 Å². The van der Waals surface area contributed by atoms with Crippen molar-refractivity contribution >= 4 is 11.6 Å². The Morgan fingerprint density at radius 2 is 1.85 bits per heavy atom. The number of aromatic nitrogens is 1. The number of benzene rings is 2. The van der Waals surface area contributed by atoms with Crippen molar-refractivity contribution in [3.8, 4) is 5.75 Å². The third kappa shape index (κ3) is 4.93. The van der Waals surface area contributed by atoms with Crippen LogP contribution in [0.25, 0.3) is 0 Å². The van der Waals surface area contributed by atoms with Crippen LogP contribution in [0, 0.1) is 0 Å². The topological polar surface area (TPSA) is 51.2 Å². The van der Waals surface area contributed by atoms with Crippen LogP contribution in [0.1, 0.15) is 23.1 Å². The van der Waals surface area contributed by atoms with E-state index < -0.39 is 0 Å². The zero-order valence-corrected chi connectivity index (χ0v) is 14.8. The van der Waals surface area contributed by atoms with Crippen molar-refractivity contribution in [2.24, 2.45) is 0 Å². The molecule has 3 aromatic rings. The SMILES string of the molecule is COc1ccc(NC(=O)CCc2cccnc2)cc1Cc1ccccc1. The van der Waals surface area contributed by atoms with Crippen LogP contribution in [-0.2, 0) is 17.6 Å². The minimum absolute atomic E-state index is 0.00955. The number of carbonyl (C=O) groups excluding carboxylic acids is 1. The highest BCUT2D eigenvalue weighted by Gasteiger charge is 2.08. The normalized spacial score (nSPS) is 10.3. The molecule has 0 atom stereocenters. The van der Waals surface area contributed by atoms with Gasteiger partial charge in [-0.3, -0.25) is 9.78 Å². The maximum atomic E-state index is 12.2. The summed E-state index contributed by atoms with van der Waals surface area (Å²) >= 11 is 0. The predicted molar refractivity (Wildman–Crippen MR) is 103 cm³/mol. The predicted octanol–water partition coefficient (Wildman–Crippen LogP) is 4.25. The lowest BCUT2D eigenvalue weighted by atomic mass is 10.0. The first-order chi connectivity index (χ1) is 12.7. The van der Waals surface area contributed by atoms with Crippen molar-refractivity contribution in [1.82, 2.24) is 4.98 Å². The summed E-state index contributed by atoms with van der Waals surface area (Å²) < 4.78 is 5.46. The number of nitrogens with one attached hydrogen (secondary N) is 1. The Hall–Kier alpha value is -3.14. The molecule has 4 heteroatoms. The van der Waals surface area contributed by atoms with Crippen LogP contribution in [0.15, 0.2) is 73.1 Å². The monoisotopic (exact) mass is 346 g/mol. The molecule has 0 aliphatic heterocycles. The molecule has 0 bridgehead atoms. The third-order valence-electron chi connectivity index (χ3n) is 4.17. The van der Waals surface area contributed by atoms with Gasteiger partial charge in [-0.25, -0.2) is 0 Å². The number of amides is 1. The number of nitrogens with zero attached hydrogens (tertiary/aromatic N) is 1. The van der Waals surface area contributed by atoms with Gasteiger partial charge >= 0.3 is 0 Å². The smallest absolute Gasteiger partial charge is 0.224 e. The van der Waals surface area contributed by atoms with E-state index in [1.165, 1.54) is 5.56 Å². The molecular weight excluding hydrogens is 324 g/mol. The molecule has 0 spiro atoms. The van der Waals surface area contributed by atoms with Gasteiger partial charge in [0.1, 0.15) is 5.75 Å². The molecule has 0 aliphatic rings. The Kier molecular flexibility index (Phi) is 5.99. The van der Waals surface area contributed by atoms with Gasteiger partial charge < -0.3 is 10.1 Å². The fourth-order valence-electron chi connectivity index (χ4n) is 2.84. The van der Waals surface area contributed by atoms with Crippen molar-refractivity contribution < 1.29 is 9.53 Å². The van der Waals surface area contributed by atoms with Crippen LogP contribution >= 0.6 is 0 Å². The molecule has 0 saturated carbocycles. The minimum atomic E-state index is -0.00955. The molecule has 0 aliphatic carbocycles. The van der Waals surface area contributed by atoms with Gasteiger partial charge in [0.05, 0.1) is 7.11 Å². The van der Waals surface area contributed by atoms with Gasteiger partial charge in [-0.1, -0.05) is 36.4 Å². The highest BCUT2D eigenvalue weighted by Crippen LogP contribution is 2.25. The number of hydrogen-bond donors (Lipinski definition) is 1. The van der Waals surface area contributed by atoms with Crippen LogP contribution in [0.4, 0.5) is 5.69 Å². The second kappa shape index (κ2) is 8.81. The second-order valence-corrected chi connectivity index (χ2v) is 6.10. The highest BCUT2D eigenvalue weighted by atomic mass is 16.5. The van der Waals surface area contributed by atoms with Crippen molar-refractivity contribution in [3.05, 3.63) is 89.7 Å². The zero-order valence-electron chi connectivity index (χ0n) is 14.8. The summed E-state index contributed by atoms with van der Waals surface area (Å²) in [4.78, 5) is 16.3. The lowest BCUT2D eigenvalue weighted by Gasteiger charge is -2.12. The van der Waals surface area contributed by atoms with E-state index in [1.54, 1.807) is 19.5 Å². The van der Waals surface area contributed by atoms with E-state index in [9.17, 15) is 4.79 Å². The molecule has 132 valence electrons. The molecule has 0 radical (unpaired) electrons. The lowest BCUT2D eigenvalue weighted by Crippen LogP contribution is -2.12. The highest BCUT2D eigenvalue weighted by molar-refractivity contribution is 5.91. The van der Waals surface area contributed by atoms with Gasteiger partial charge in [-0.05, 0) is 41.8 Å². The number of aryl methyl sites for hydroxylation is 1. The fraction of sp³-hybridized carbons (Fsp3) is 0.182. The summed E-state index contributed by atoms with van der Waals surface area (Å²) in [5.74, 6) is 0.812. The number of hydrogen-bond acceptors (Lipinski definition) is 3. The van der Waals surface area contributed by atoms with Gasteiger partial charge in [0, 0.05) is 36.5 Å². The van der Waals surface area contributed by atoms with E-state index in [4.69, 9.17) is 4.74 Å². The number of carbonyl (C=O) groups is 1. The molecule has 1 N–H and O–H groups in total. The minimum Gasteiger partial charge on any atom is -0.496 e. The molecule has 3 rings (SSSR count). The van der Waals surface area contributed by atoms with Crippen LogP contribution < -0.4 is 10.1 Å². The van der Waals surface area contributed by atoms with E-state index in [2.05, 4.69) is 22.4 Å². The molecule has 0 fully saturated rings. The van der Waals surface area contributed by atoms with Gasteiger partial charge in [0.2, 0.25) is 5.91 Å². The second-order valence-electron chi connectivity index (χ2n) is 6.10. The van der Waals surface area contributed by atoms with Crippen molar-refractivity contribution in [2.75, 3.05) is 12.4 Å². The Bertz CT molecular complexity index is 849. The summed E-state index contributed by atoms with van der Waals surface area (Å²) in [6.07, 6.45) is 5.37. The largest absolute Gasteiger partial charge is 0.496 e. The first kappa shape index (κ1) is 17.7. The zero-order chi connectivity index (χ0) is 18.2. The van der Waals surface area contributed by atoms with Gasteiger partial charge in [0.15, 0.2) is 0 Å². The van der Waals surface area contributed by atoms with Crippen LogP contribution in [-0.4, -0.2) is 18.0 Å². The fourth-order valence-corrected chi connectivity index (χ4v) is 2.84. The molecule has 1 amide bonds. The summed E-state index contributed by atoms with van der Waals surface area (Å²) in [7, 11) is 1.66. The average Bonchev–Trinajstić information content (AvgIpc) is 2.68. The maximum absolute atomic E-state index is 12.2. The van der Waals surface area contributed by atoms with E-state index >= 15 is 0 Å². The molecule has 26 heavy (non-hydrogen) atoms. The van der Waals surface area contributed by atoms with Gasteiger partial charge in [-0.2, -0.15) is 0 Å². The number of rotatable bonds is 7. The molecular formula is C22H22N2O2. The van der Waals surface area contributed by atoms with Gasteiger partial charge in [0.25, 0.3) is 0 Å². The molecule has 2 aromatic carbocycles. The Balaban J connectivity index is 1.66. The van der Waals surface area contributed by atoms with E-state index in [0.717, 1.165) is 29.0 Å². The first-order valence-electron chi connectivity index (χ1n) is 8.64. The number of anilines is 1. The quantitative estimate of drug-likeness (QED) is 0.696.